The van der Waals surface area contributed by atoms with Crippen LogP contribution in [0.15, 0.2) is 67.8 Å². The highest BCUT2D eigenvalue weighted by Crippen LogP contribution is 2.32. The largest absolute Gasteiger partial charge is 0.354 e. The summed E-state index contributed by atoms with van der Waals surface area (Å²) in [5.74, 6) is -1.54. The minimum Gasteiger partial charge on any atom is -0.354 e. The molecular formula is C19H15NO2. The number of hydrogen-bond acceptors (Lipinski definition) is 2. The standard InChI is InChI=1S/C19H15NO2/c1-3-16(21)18(17(22)4-2)14-10-7-9-13-12-8-5-6-11-15(12)20-19(13)14/h3-11,18,20H,1-2H2. The lowest BCUT2D eigenvalue weighted by Crippen LogP contribution is -2.19. The van der Waals surface area contributed by atoms with Crippen molar-refractivity contribution in [3.8, 4) is 0 Å². The summed E-state index contributed by atoms with van der Waals surface area (Å²) in [5, 5.41) is 2.06. The molecule has 2 aromatic carbocycles. The van der Waals surface area contributed by atoms with Crippen LogP contribution in [-0.2, 0) is 9.59 Å². The molecule has 3 nitrogen and oxygen atoms in total. The van der Waals surface area contributed by atoms with Crippen LogP contribution in [-0.4, -0.2) is 16.6 Å². The van der Waals surface area contributed by atoms with Crippen molar-refractivity contribution in [3.63, 3.8) is 0 Å². The summed E-state index contributed by atoms with van der Waals surface area (Å²) < 4.78 is 0. The highest BCUT2D eigenvalue weighted by atomic mass is 16.1. The van der Waals surface area contributed by atoms with E-state index in [1.807, 2.05) is 36.4 Å². The van der Waals surface area contributed by atoms with Crippen LogP contribution >= 0.6 is 0 Å². The molecule has 3 aromatic rings. The number of para-hydroxylation sites is 2. The van der Waals surface area contributed by atoms with Crippen molar-refractivity contribution >= 4 is 33.4 Å². The van der Waals surface area contributed by atoms with Crippen LogP contribution in [0.2, 0.25) is 0 Å². The summed E-state index contributed by atoms with van der Waals surface area (Å²) in [6.07, 6.45) is 2.38. The monoisotopic (exact) mass is 289 g/mol. The number of rotatable bonds is 5. The first-order valence-corrected chi connectivity index (χ1v) is 6.99. The predicted molar refractivity (Wildman–Crippen MR) is 89.0 cm³/mol. The van der Waals surface area contributed by atoms with Gasteiger partial charge in [0.2, 0.25) is 0 Å². The van der Waals surface area contributed by atoms with Gasteiger partial charge in [0, 0.05) is 16.3 Å². The van der Waals surface area contributed by atoms with E-state index in [0.717, 1.165) is 21.8 Å². The second kappa shape index (κ2) is 5.45. The smallest absolute Gasteiger partial charge is 0.170 e. The molecule has 3 rings (SSSR count). The van der Waals surface area contributed by atoms with Gasteiger partial charge < -0.3 is 4.98 Å². The molecule has 0 spiro atoms. The SMILES string of the molecule is C=CC(=O)C(C(=O)C=C)c1cccc2c1[nH]c1ccccc12. The Kier molecular flexibility index (Phi) is 3.47. The Labute approximate surface area is 128 Å². The molecule has 108 valence electrons. The van der Waals surface area contributed by atoms with Crippen molar-refractivity contribution in [1.82, 2.24) is 4.98 Å². The number of carbonyl (C=O) groups is 2. The number of benzene rings is 2. The number of aromatic amines is 1. The van der Waals surface area contributed by atoms with Crippen molar-refractivity contribution in [2.45, 2.75) is 5.92 Å². The number of H-pyrrole nitrogens is 1. The molecule has 0 saturated carbocycles. The van der Waals surface area contributed by atoms with Crippen LogP contribution in [0.5, 0.6) is 0 Å². The Morgan fingerprint density at radius 3 is 2.23 bits per heavy atom. The molecule has 0 aliphatic carbocycles. The fraction of sp³-hybridized carbons (Fsp3) is 0.0526. The second-order valence-corrected chi connectivity index (χ2v) is 5.09. The average Bonchev–Trinajstić information content (AvgIpc) is 2.94. The quantitative estimate of drug-likeness (QED) is 0.572. The third-order valence-electron chi connectivity index (χ3n) is 3.86. The summed E-state index contributed by atoms with van der Waals surface area (Å²) in [6.45, 7) is 7.00. The van der Waals surface area contributed by atoms with Gasteiger partial charge in [-0.1, -0.05) is 49.6 Å². The average molecular weight is 289 g/mol. The molecule has 0 aliphatic rings. The van der Waals surface area contributed by atoms with E-state index in [0.29, 0.717) is 5.56 Å². The molecule has 0 bridgehead atoms. The van der Waals surface area contributed by atoms with Gasteiger partial charge in [-0.25, -0.2) is 0 Å². The van der Waals surface area contributed by atoms with Crippen LogP contribution in [0.1, 0.15) is 11.5 Å². The van der Waals surface area contributed by atoms with E-state index in [1.54, 1.807) is 6.07 Å². The first-order valence-electron chi connectivity index (χ1n) is 6.99. The maximum atomic E-state index is 12.2. The first kappa shape index (κ1) is 14.0. The first-order chi connectivity index (χ1) is 10.7. The van der Waals surface area contributed by atoms with E-state index in [2.05, 4.69) is 18.1 Å². The lowest BCUT2D eigenvalue weighted by molar-refractivity contribution is -0.124. The number of aromatic nitrogens is 1. The molecule has 0 fully saturated rings. The molecule has 0 amide bonds. The van der Waals surface area contributed by atoms with E-state index in [1.165, 1.54) is 12.2 Å². The number of carbonyl (C=O) groups excluding carboxylic acids is 2. The lowest BCUT2D eigenvalue weighted by Gasteiger charge is -2.12. The van der Waals surface area contributed by atoms with Crippen LogP contribution in [0.25, 0.3) is 21.8 Å². The van der Waals surface area contributed by atoms with E-state index in [4.69, 9.17) is 0 Å². The zero-order valence-electron chi connectivity index (χ0n) is 12.0. The number of ketones is 2. The zero-order valence-corrected chi connectivity index (χ0v) is 12.0. The third kappa shape index (κ3) is 2.07. The summed E-state index contributed by atoms with van der Waals surface area (Å²) in [5.41, 5.74) is 2.43. The topological polar surface area (TPSA) is 49.9 Å². The molecule has 1 N–H and O–H groups in total. The highest BCUT2D eigenvalue weighted by molar-refractivity contribution is 6.18. The maximum absolute atomic E-state index is 12.2. The summed E-state index contributed by atoms with van der Waals surface area (Å²) >= 11 is 0. The maximum Gasteiger partial charge on any atom is 0.170 e. The van der Waals surface area contributed by atoms with Crippen LogP contribution in [0.4, 0.5) is 0 Å². The van der Waals surface area contributed by atoms with Crippen molar-refractivity contribution in [1.29, 1.82) is 0 Å². The lowest BCUT2D eigenvalue weighted by atomic mass is 9.89. The molecule has 0 aliphatic heterocycles. The Balaban J connectivity index is 2.33. The van der Waals surface area contributed by atoms with Gasteiger partial charge in [0.1, 0.15) is 5.92 Å². The molecule has 1 aromatic heterocycles. The van der Waals surface area contributed by atoms with Crippen molar-refractivity contribution in [2.75, 3.05) is 0 Å². The van der Waals surface area contributed by atoms with Gasteiger partial charge in [0.05, 0.1) is 5.52 Å². The second-order valence-electron chi connectivity index (χ2n) is 5.09. The number of hydrogen-bond donors (Lipinski definition) is 1. The van der Waals surface area contributed by atoms with Gasteiger partial charge in [0.15, 0.2) is 11.6 Å². The van der Waals surface area contributed by atoms with Gasteiger partial charge in [0.25, 0.3) is 0 Å². The Bertz CT molecular complexity index is 897. The van der Waals surface area contributed by atoms with Gasteiger partial charge in [-0.05, 0) is 23.8 Å². The Morgan fingerprint density at radius 1 is 0.909 bits per heavy atom. The van der Waals surface area contributed by atoms with Crippen LogP contribution in [0, 0.1) is 0 Å². The third-order valence-corrected chi connectivity index (χ3v) is 3.86. The van der Waals surface area contributed by atoms with Gasteiger partial charge in [-0.15, -0.1) is 0 Å². The molecule has 1 heterocycles. The normalized spacial score (nSPS) is 11.0. The molecule has 0 atom stereocenters. The highest BCUT2D eigenvalue weighted by Gasteiger charge is 2.26. The van der Waals surface area contributed by atoms with E-state index >= 15 is 0 Å². The molecule has 0 unspecified atom stereocenters. The molecule has 0 radical (unpaired) electrons. The molecule has 22 heavy (non-hydrogen) atoms. The predicted octanol–water partition coefficient (Wildman–Crippen LogP) is 3.91. The fourth-order valence-electron chi connectivity index (χ4n) is 2.82. The van der Waals surface area contributed by atoms with E-state index in [9.17, 15) is 9.59 Å². The molecule has 0 saturated heterocycles. The van der Waals surface area contributed by atoms with Gasteiger partial charge in [-0.3, -0.25) is 9.59 Å². The molecular weight excluding hydrogens is 274 g/mol. The minimum absolute atomic E-state index is 0.323. The van der Waals surface area contributed by atoms with Crippen molar-refractivity contribution in [3.05, 3.63) is 73.3 Å². The fourth-order valence-corrected chi connectivity index (χ4v) is 2.82. The van der Waals surface area contributed by atoms with Crippen molar-refractivity contribution < 1.29 is 9.59 Å². The Morgan fingerprint density at radius 2 is 1.55 bits per heavy atom. The zero-order chi connectivity index (χ0) is 15.7. The number of allylic oxidation sites excluding steroid dienone is 2. The van der Waals surface area contributed by atoms with Crippen LogP contribution < -0.4 is 0 Å². The summed E-state index contributed by atoms with van der Waals surface area (Å²) in [7, 11) is 0. The van der Waals surface area contributed by atoms with E-state index < -0.39 is 5.92 Å². The van der Waals surface area contributed by atoms with Crippen LogP contribution in [0.3, 0.4) is 0 Å². The Hall–Kier alpha value is -2.94. The van der Waals surface area contributed by atoms with Gasteiger partial charge in [-0.2, -0.15) is 0 Å². The van der Waals surface area contributed by atoms with Crippen molar-refractivity contribution in [2.24, 2.45) is 0 Å². The van der Waals surface area contributed by atoms with E-state index in [-0.39, 0.29) is 11.6 Å². The summed E-state index contributed by atoms with van der Waals surface area (Å²) in [4.78, 5) is 27.7. The molecule has 3 heteroatoms. The summed E-state index contributed by atoms with van der Waals surface area (Å²) in [6, 6.07) is 13.5. The van der Waals surface area contributed by atoms with Gasteiger partial charge >= 0.3 is 0 Å². The number of nitrogens with one attached hydrogen (secondary N) is 1. The minimum atomic E-state index is -0.897. The number of fused-ring (bicyclic) bond motifs is 3.